The van der Waals surface area contributed by atoms with Crippen LogP contribution in [0.4, 0.5) is 8.78 Å². The van der Waals surface area contributed by atoms with Crippen molar-refractivity contribution < 1.29 is 37.2 Å². The van der Waals surface area contributed by atoms with E-state index in [-0.39, 0.29) is 13.2 Å². The normalized spacial score (nSPS) is 19.2. The summed E-state index contributed by atoms with van der Waals surface area (Å²) in [7, 11) is 0. The summed E-state index contributed by atoms with van der Waals surface area (Å²) in [5, 5.41) is 0.615. The van der Waals surface area contributed by atoms with Gasteiger partial charge in [0.05, 0.1) is 39.6 Å². The molecule has 1 fully saturated rings. The van der Waals surface area contributed by atoms with Crippen LogP contribution < -0.4 is 0 Å². The van der Waals surface area contributed by atoms with Gasteiger partial charge >= 0.3 is 6.61 Å². The molecule has 1 heterocycles. The number of benzene rings is 6. The lowest BCUT2D eigenvalue weighted by atomic mass is 9.89. The Balaban J connectivity index is 1.22. The molecule has 1 aliphatic heterocycles. The van der Waals surface area contributed by atoms with E-state index in [0.717, 1.165) is 44.5 Å². The molecule has 1 saturated heterocycles. The highest BCUT2D eigenvalue weighted by Gasteiger charge is 2.49. The van der Waals surface area contributed by atoms with Gasteiger partial charge in [-0.2, -0.15) is 8.78 Å². The molecule has 0 spiro atoms. The highest BCUT2D eigenvalue weighted by atomic mass is 35.5. The van der Waals surface area contributed by atoms with Gasteiger partial charge in [0.1, 0.15) is 30.5 Å². The van der Waals surface area contributed by atoms with Gasteiger partial charge in [0.25, 0.3) is 0 Å². The largest absolute Gasteiger partial charge is 0.374 e. The van der Waals surface area contributed by atoms with E-state index >= 15 is 0 Å². The van der Waals surface area contributed by atoms with E-state index in [1.54, 1.807) is 0 Å². The molecule has 0 radical (unpaired) electrons. The minimum absolute atomic E-state index is 0.0493. The summed E-state index contributed by atoms with van der Waals surface area (Å²) < 4.78 is 63.7. The predicted molar refractivity (Wildman–Crippen MR) is 225 cm³/mol. The quantitative estimate of drug-likeness (QED) is 0.0765. The van der Waals surface area contributed by atoms with Gasteiger partial charge < -0.3 is 28.4 Å². The van der Waals surface area contributed by atoms with Crippen molar-refractivity contribution in [3.8, 4) is 0 Å². The van der Waals surface area contributed by atoms with Crippen LogP contribution in [0.5, 0.6) is 0 Å². The van der Waals surface area contributed by atoms with E-state index in [2.05, 4.69) is 10.8 Å². The van der Waals surface area contributed by atoms with Crippen LogP contribution in [0.15, 0.2) is 164 Å². The smallest absolute Gasteiger partial charge is 0.345 e. The summed E-state index contributed by atoms with van der Waals surface area (Å²) >= 11 is 6.89. The lowest BCUT2D eigenvalue weighted by Gasteiger charge is -2.46. The topological polar surface area (TPSA) is 55.4 Å². The molecule has 1 aliphatic rings. The minimum atomic E-state index is -2.78. The Hall–Kier alpha value is -4.77. The van der Waals surface area contributed by atoms with Gasteiger partial charge in [0.15, 0.2) is 0 Å². The summed E-state index contributed by atoms with van der Waals surface area (Å²) in [6.45, 7) is -1.18. The van der Waals surface area contributed by atoms with Crippen LogP contribution in [0.3, 0.4) is 0 Å². The first-order valence-electron chi connectivity index (χ1n) is 20.0. The highest BCUT2D eigenvalue weighted by molar-refractivity contribution is 6.31. The second kappa shape index (κ2) is 22.0. The Kier molecular flexibility index (Phi) is 15.8. The van der Waals surface area contributed by atoms with Crippen LogP contribution in [0, 0.1) is 0 Å². The van der Waals surface area contributed by atoms with E-state index in [9.17, 15) is 8.78 Å². The van der Waals surface area contributed by atoms with Gasteiger partial charge in [-0.1, -0.05) is 169 Å². The molecule has 7 rings (SSSR count). The Labute approximate surface area is 350 Å². The third-order valence-corrected chi connectivity index (χ3v) is 10.7. The average molecular weight is 819 g/mol. The number of hydrogen-bond acceptors (Lipinski definition) is 6. The molecular formula is C50H49ClF2O6. The molecule has 59 heavy (non-hydrogen) atoms. The Morgan fingerprint density at radius 3 is 1.56 bits per heavy atom. The van der Waals surface area contributed by atoms with Crippen LogP contribution >= 0.6 is 11.6 Å². The minimum Gasteiger partial charge on any atom is -0.374 e. The molecule has 0 bridgehead atoms. The van der Waals surface area contributed by atoms with Crippen molar-refractivity contribution in [3.63, 3.8) is 0 Å². The number of halogens is 3. The molecule has 6 aromatic rings. The Bertz CT molecular complexity index is 2110. The molecule has 0 aromatic heterocycles. The van der Waals surface area contributed by atoms with Crippen molar-refractivity contribution >= 4 is 11.6 Å². The molecule has 0 N–H and O–H groups in total. The highest BCUT2D eigenvalue weighted by Crippen LogP contribution is 2.40. The van der Waals surface area contributed by atoms with Gasteiger partial charge in [-0.25, -0.2) is 0 Å². The second-order valence-corrected chi connectivity index (χ2v) is 15.0. The number of rotatable bonds is 20. The van der Waals surface area contributed by atoms with Crippen LogP contribution in [0.2, 0.25) is 5.02 Å². The molecule has 9 heteroatoms. The molecule has 0 saturated carbocycles. The van der Waals surface area contributed by atoms with Crippen molar-refractivity contribution in [1.82, 2.24) is 0 Å². The van der Waals surface area contributed by atoms with E-state index in [0.29, 0.717) is 44.3 Å². The van der Waals surface area contributed by atoms with E-state index in [1.807, 2.05) is 158 Å². The molecule has 5 atom stereocenters. The molecule has 2 unspecified atom stereocenters. The first-order valence-corrected chi connectivity index (χ1v) is 20.4. The molecule has 306 valence electrons. The van der Waals surface area contributed by atoms with Crippen LogP contribution in [-0.4, -0.2) is 44.2 Å². The van der Waals surface area contributed by atoms with Crippen LogP contribution in [0.1, 0.15) is 50.6 Å². The second-order valence-electron chi connectivity index (χ2n) is 14.6. The zero-order valence-electron chi connectivity index (χ0n) is 32.8. The molecule has 0 amide bonds. The van der Waals surface area contributed by atoms with Crippen molar-refractivity contribution in [3.05, 3.63) is 213 Å². The Morgan fingerprint density at radius 2 is 1.02 bits per heavy atom. The van der Waals surface area contributed by atoms with Crippen molar-refractivity contribution in [1.29, 1.82) is 0 Å². The summed E-state index contributed by atoms with van der Waals surface area (Å²) in [5.41, 5.74) is 7.85. The van der Waals surface area contributed by atoms with E-state index < -0.39 is 37.1 Å². The van der Waals surface area contributed by atoms with Gasteiger partial charge in [-0.3, -0.25) is 0 Å². The lowest BCUT2D eigenvalue weighted by molar-refractivity contribution is -0.275. The number of hydrogen-bond donors (Lipinski definition) is 0. The number of ether oxygens (including phenoxy) is 6. The molecule has 6 aromatic carbocycles. The van der Waals surface area contributed by atoms with Gasteiger partial charge in [-0.15, -0.1) is 0 Å². The molecule has 6 nitrogen and oxygen atoms in total. The first-order chi connectivity index (χ1) is 29.0. The summed E-state index contributed by atoms with van der Waals surface area (Å²) in [5.74, 6) is 0. The maximum atomic E-state index is 12.5. The fourth-order valence-electron chi connectivity index (χ4n) is 7.27. The van der Waals surface area contributed by atoms with E-state index in [4.69, 9.17) is 35.3 Å². The SMILES string of the molecule is FC(F)OCCc1ccc(Cc2cc([C@@H]3OC(COCc4ccccc4)C(OCc4ccccc4)[C@H](OCc4ccccc4)[C@H]3OCc3ccccc3)ccc2Cl)cc1. The monoisotopic (exact) mass is 818 g/mol. The molecule has 0 aliphatic carbocycles. The Morgan fingerprint density at radius 1 is 0.525 bits per heavy atom. The standard InChI is InChI=1S/C50H49ClF2O6/c51-44-26-25-42(30-43(44)29-37-23-21-36(22-24-37)27-28-55-50(52)53)46-48(57-33-40-17-9-3-10-18-40)49(58-34-41-19-11-4-12-20-41)47(56-32-39-15-7-2-8-16-39)45(59-46)35-54-31-38-13-5-1-6-14-38/h1-26,30,45-50H,27-29,31-35H2/t45?,46-,47?,48-,49-/m0/s1. The fraction of sp³-hybridized carbons (Fsp3) is 0.280. The number of alkyl halides is 2. The first kappa shape index (κ1) is 42.4. The van der Waals surface area contributed by atoms with Gasteiger partial charge in [0, 0.05) is 5.02 Å². The predicted octanol–water partition coefficient (Wildman–Crippen LogP) is 11.1. The summed E-state index contributed by atoms with van der Waals surface area (Å²) in [4.78, 5) is 0. The zero-order chi connectivity index (χ0) is 40.7. The van der Waals surface area contributed by atoms with Crippen molar-refractivity contribution in [2.45, 2.75) is 76.4 Å². The maximum absolute atomic E-state index is 12.5. The van der Waals surface area contributed by atoms with Gasteiger partial charge in [-0.05, 0) is 63.4 Å². The fourth-order valence-corrected chi connectivity index (χ4v) is 7.46. The molecular weight excluding hydrogens is 770 g/mol. The third kappa shape index (κ3) is 12.6. The van der Waals surface area contributed by atoms with Crippen LogP contribution in [-0.2, 0) is 67.7 Å². The summed E-state index contributed by atoms with van der Waals surface area (Å²) in [6.07, 6.45) is -1.93. The lowest BCUT2D eigenvalue weighted by Crippen LogP contribution is -2.58. The van der Waals surface area contributed by atoms with Crippen molar-refractivity contribution in [2.24, 2.45) is 0 Å². The van der Waals surface area contributed by atoms with Crippen LogP contribution in [0.25, 0.3) is 0 Å². The van der Waals surface area contributed by atoms with Crippen molar-refractivity contribution in [2.75, 3.05) is 13.2 Å². The zero-order valence-corrected chi connectivity index (χ0v) is 33.5. The average Bonchev–Trinajstić information content (AvgIpc) is 3.27. The summed E-state index contributed by atoms with van der Waals surface area (Å²) in [6, 6.07) is 54.1. The third-order valence-electron chi connectivity index (χ3n) is 10.3. The van der Waals surface area contributed by atoms with Gasteiger partial charge in [0.2, 0.25) is 0 Å². The maximum Gasteiger partial charge on any atom is 0.345 e. The van der Waals surface area contributed by atoms with E-state index in [1.165, 1.54) is 0 Å².